The number of nitrogens with one attached hydrogen (secondary N) is 1. The quantitative estimate of drug-likeness (QED) is 0.317. The first-order valence-corrected chi connectivity index (χ1v) is 9.76. The molecule has 0 aromatic carbocycles. The van der Waals surface area contributed by atoms with Crippen molar-refractivity contribution in [1.82, 2.24) is 5.32 Å². The Kier molecular flexibility index (Phi) is 16.0. The second-order valence-electron chi connectivity index (χ2n) is 6.67. The predicted octanol–water partition coefficient (Wildman–Crippen LogP) is 4.60. The molecule has 5 nitrogen and oxygen atoms in total. The van der Waals surface area contributed by atoms with Crippen molar-refractivity contribution < 1.29 is 19.8 Å². The monoisotopic (exact) mass is 343 g/mol. The maximum absolute atomic E-state index is 11.0. The van der Waals surface area contributed by atoms with Crippen molar-refractivity contribution in [3.8, 4) is 0 Å². The van der Waals surface area contributed by atoms with Crippen LogP contribution in [0.1, 0.15) is 96.8 Å². The molecule has 3 N–H and O–H groups in total. The summed E-state index contributed by atoms with van der Waals surface area (Å²) in [5.74, 6) is -1.91. The minimum absolute atomic E-state index is 0.109. The van der Waals surface area contributed by atoms with E-state index in [-0.39, 0.29) is 12.8 Å². The highest BCUT2D eigenvalue weighted by molar-refractivity contribution is 5.75. The lowest BCUT2D eigenvalue weighted by Crippen LogP contribution is -2.37. The molecule has 0 aliphatic heterocycles. The van der Waals surface area contributed by atoms with Crippen molar-refractivity contribution in [2.24, 2.45) is 0 Å². The van der Waals surface area contributed by atoms with Gasteiger partial charge in [0.05, 0.1) is 0 Å². The Bertz CT molecular complexity index is 320. The van der Waals surface area contributed by atoms with E-state index in [1.54, 1.807) is 0 Å². The maximum Gasteiger partial charge on any atom is 0.320 e. The summed E-state index contributed by atoms with van der Waals surface area (Å²) in [4.78, 5) is 21.5. The third kappa shape index (κ3) is 15.8. The van der Waals surface area contributed by atoms with Crippen LogP contribution in [0.4, 0.5) is 0 Å². The molecular weight excluding hydrogens is 306 g/mol. The number of carboxylic acids is 2. The molecule has 0 saturated carbocycles. The smallest absolute Gasteiger partial charge is 0.320 e. The molecular formula is C19H37NO4. The van der Waals surface area contributed by atoms with Gasteiger partial charge in [-0.1, -0.05) is 77.6 Å². The van der Waals surface area contributed by atoms with Crippen molar-refractivity contribution in [2.45, 2.75) is 103 Å². The van der Waals surface area contributed by atoms with Gasteiger partial charge < -0.3 is 15.5 Å². The van der Waals surface area contributed by atoms with Crippen LogP contribution in [0, 0.1) is 0 Å². The minimum atomic E-state index is -0.963. The Balaban J connectivity index is 3.36. The highest BCUT2D eigenvalue weighted by Gasteiger charge is 2.17. The van der Waals surface area contributed by atoms with Gasteiger partial charge in [0, 0.05) is 6.42 Å². The fraction of sp³-hybridized carbons (Fsp3) is 0.895. The average molecular weight is 344 g/mol. The van der Waals surface area contributed by atoms with Gasteiger partial charge in [0.25, 0.3) is 0 Å². The van der Waals surface area contributed by atoms with E-state index in [0.717, 1.165) is 12.8 Å². The largest absolute Gasteiger partial charge is 0.481 e. The first kappa shape index (κ1) is 22.9. The molecule has 24 heavy (non-hydrogen) atoms. The van der Waals surface area contributed by atoms with Gasteiger partial charge in [-0.15, -0.1) is 0 Å². The molecule has 0 rings (SSSR count). The van der Waals surface area contributed by atoms with Gasteiger partial charge in [-0.2, -0.15) is 0 Å². The summed E-state index contributed by atoms with van der Waals surface area (Å²) in [6, 6.07) is -0.742. The zero-order chi connectivity index (χ0) is 18.0. The zero-order valence-electron chi connectivity index (χ0n) is 15.4. The van der Waals surface area contributed by atoms with Gasteiger partial charge in [-0.25, -0.2) is 0 Å². The summed E-state index contributed by atoms with van der Waals surface area (Å²) in [6.45, 7) is 2.89. The van der Waals surface area contributed by atoms with E-state index in [0.29, 0.717) is 6.54 Å². The Morgan fingerprint density at radius 2 is 1.25 bits per heavy atom. The van der Waals surface area contributed by atoms with Gasteiger partial charge in [-0.3, -0.25) is 9.59 Å². The van der Waals surface area contributed by atoms with Crippen molar-refractivity contribution in [1.29, 1.82) is 0 Å². The fourth-order valence-corrected chi connectivity index (χ4v) is 2.82. The Morgan fingerprint density at radius 1 is 0.792 bits per heavy atom. The number of aliphatic carboxylic acids is 2. The number of carboxylic acid groups (broad SMARTS) is 2. The van der Waals surface area contributed by atoms with Crippen molar-refractivity contribution in [3.63, 3.8) is 0 Å². The topological polar surface area (TPSA) is 86.6 Å². The number of hydrogen-bond donors (Lipinski definition) is 3. The SMILES string of the molecule is CCCCCCCCCCCCCCN[C@H](CCC(=O)O)C(=O)O. The summed E-state index contributed by atoms with van der Waals surface area (Å²) in [6.07, 6.45) is 15.4. The summed E-state index contributed by atoms with van der Waals surface area (Å²) in [5.41, 5.74) is 0. The van der Waals surface area contributed by atoms with Gasteiger partial charge in [0.2, 0.25) is 0 Å². The molecule has 5 heteroatoms. The highest BCUT2D eigenvalue weighted by Crippen LogP contribution is 2.11. The van der Waals surface area contributed by atoms with Crippen LogP contribution in [0.5, 0.6) is 0 Å². The molecule has 142 valence electrons. The lowest BCUT2D eigenvalue weighted by atomic mass is 10.1. The van der Waals surface area contributed by atoms with E-state index in [1.165, 1.54) is 64.2 Å². The Hall–Kier alpha value is -1.10. The van der Waals surface area contributed by atoms with E-state index >= 15 is 0 Å². The number of carbonyl (C=O) groups is 2. The second kappa shape index (κ2) is 16.7. The molecule has 0 fully saturated rings. The van der Waals surface area contributed by atoms with Crippen LogP contribution in [-0.4, -0.2) is 34.7 Å². The maximum atomic E-state index is 11.0. The summed E-state index contributed by atoms with van der Waals surface area (Å²) >= 11 is 0. The van der Waals surface area contributed by atoms with E-state index < -0.39 is 18.0 Å². The van der Waals surface area contributed by atoms with Crippen molar-refractivity contribution >= 4 is 11.9 Å². The molecule has 0 heterocycles. The van der Waals surface area contributed by atoms with Gasteiger partial charge >= 0.3 is 11.9 Å². The third-order valence-corrected chi connectivity index (χ3v) is 4.37. The van der Waals surface area contributed by atoms with Crippen molar-refractivity contribution in [3.05, 3.63) is 0 Å². The first-order valence-electron chi connectivity index (χ1n) is 9.76. The van der Waals surface area contributed by atoms with Crippen LogP contribution >= 0.6 is 0 Å². The van der Waals surface area contributed by atoms with Gasteiger partial charge in [-0.05, 0) is 19.4 Å². The van der Waals surface area contributed by atoms with E-state index in [9.17, 15) is 9.59 Å². The number of unbranched alkanes of at least 4 members (excludes halogenated alkanes) is 11. The van der Waals surface area contributed by atoms with Crippen LogP contribution in [-0.2, 0) is 9.59 Å². The first-order chi connectivity index (χ1) is 11.6. The van der Waals surface area contributed by atoms with Crippen LogP contribution in [0.15, 0.2) is 0 Å². The van der Waals surface area contributed by atoms with Crippen LogP contribution in [0.25, 0.3) is 0 Å². The third-order valence-electron chi connectivity index (χ3n) is 4.37. The molecule has 0 amide bonds. The molecule has 0 aliphatic carbocycles. The molecule has 1 atom stereocenters. The Morgan fingerprint density at radius 3 is 1.67 bits per heavy atom. The predicted molar refractivity (Wildman–Crippen MR) is 97.4 cm³/mol. The summed E-state index contributed by atoms with van der Waals surface area (Å²) in [7, 11) is 0. The Labute approximate surface area is 147 Å². The molecule has 0 aliphatic rings. The highest BCUT2D eigenvalue weighted by atomic mass is 16.4. The van der Waals surface area contributed by atoms with E-state index in [2.05, 4.69) is 12.2 Å². The molecule has 0 aromatic heterocycles. The van der Waals surface area contributed by atoms with Crippen LogP contribution < -0.4 is 5.32 Å². The summed E-state index contributed by atoms with van der Waals surface area (Å²) < 4.78 is 0. The summed E-state index contributed by atoms with van der Waals surface area (Å²) in [5, 5.41) is 20.6. The second-order valence-corrected chi connectivity index (χ2v) is 6.67. The van der Waals surface area contributed by atoms with Crippen molar-refractivity contribution in [2.75, 3.05) is 6.54 Å². The lowest BCUT2D eigenvalue weighted by Gasteiger charge is -2.13. The van der Waals surface area contributed by atoms with E-state index in [4.69, 9.17) is 10.2 Å². The normalized spacial score (nSPS) is 12.2. The molecule has 0 aromatic rings. The standard InChI is InChI=1S/C19H37NO4/c1-2-3-4-5-6-7-8-9-10-11-12-13-16-20-17(19(23)24)14-15-18(21)22/h17,20H,2-16H2,1H3,(H,21,22)(H,23,24)/t17-/m1/s1. The molecule has 0 unspecified atom stereocenters. The van der Waals surface area contributed by atoms with E-state index in [1.807, 2.05) is 0 Å². The molecule has 0 spiro atoms. The fourth-order valence-electron chi connectivity index (χ4n) is 2.82. The van der Waals surface area contributed by atoms with Crippen LogP contribution in [0.3, 0.4) is 0 Å². The number of rotatable bonds is 18. The van der Waals surface area contributed by atoms with Crippen LogP contribution in [0.2, 0.25) is 0 Å². The molecule has 0 saturated heterocycles. The van der Waals surface area contributed by atoms with Gasteiger partial charge in [0.15, 0.2) is 0 Å². The number of hydrogen-bond acceptors (Lipinski definition) is 3. The molecule has 0 bridgehead atoms. The average Bonchev–Trinajstić information content (AvgIpc) is 2.54. The minimum Gasteiger partial charge on any atom is -0.481 e. The molecule has 0 radical (unpaired) electrons. The van der Waals surface area contributed by atoms with Gasteiger partial charge in [0.1, 0.15) is 6.04 Å². The zero-order valence-corrected chi connectivity index (χ0v) is 15.4. The lowest BCUT2D eigenvalue weighted by molar-refractivity contribution is -0.140.